The summed E-state index contributed by atoms with van der Waals surface area (Å²) < 4.78 is 18.6. The van der Waals surface area contributed by atoms with Crippen molar-refractivity contribution in [3.05, 3.63) is 35.6 Å². The lowest BCUT2D eigenvalue weighted by Crippen LogP contribution is -2.29. The second-order valence-electron chi connectivity index (χ2n) is 5.73. The van der Waals surface area contributed by atoms with Crippen LogP contribution in [0.5, 0.6) is 0 Å². The molecule has 1 aromatic carbocycles. The van der Waals surface area contributed by atoms with E-state index in [0.717, 1.165) is 13.0 Å². The molecule has 0 saturated carbocycles. The van der Waals surface area contributed by atoms with Crippen LogP contribution in [0.15, 0.2) is 24.3 Å². The minimum Gasteiger partial charge on any atom is -0.418 e. The normalized spacial score (nSPS) is 11.8. The lowest BCUT2D eigenvalue weighted by Gasteiger charge is -2.21. The van der Waals surface area contributed by atoms with E-state index in [1.54, 1.807) is 12.1 Å². The smallest absolute Gasteiger partial charge is 0.186 e. The summed E-state index contributed by atoms with van der Waals surface area (Å²) in [5.74, 6) is -0.146. The van der Waals surface area contributed by atoms with Gasteiger partial charge in [-0.2, -0.15) is 0 Å². The Bertz CT molecular complexity index is 348. The zero-order valence-corrected chi connectivity index (χ0v) is 13.5. The molecule has 1 nitrogen and oxygen atoms in total. The summed E-state index contributed by atoms with van der Waals surface area (Å²) in [6.45, 7) is 7.53. The van der Waals surface area contributed by atoms with Crippen molar-refractivity contribution in [3.8, 4) is 0 Å². The molecule has 0 heterocycles. The fourth-order valence-electron chi connectivity index (χ4n) is 2.35. The van der Waals surface area contributed by atoms with Crippen molar-refractivity contribution in [2.75, 3.05) is 6.61 Å². The standard InChI is InChI=1S/C16H27FOSi/c1-4-18-19(2,3)14-8-6-5-7-9-15-10-12-16(17)13-11-15/h10-13H,4-9,14H2,1-3H3. The maximum Gasteiger partial charge on any atom is 0.186 e. The van der Waals surface area contributed by atoms with Gasteiger partial charge in [0.25, 0.3) is 0 Å². The van der Waals surface area contributed by atoms with E-state index < -0.39 is 8.32 Å². The first kappa shape index (κ1) is 16.4. The fourth-order valence-corrected chi connectivity index (χ4v) is 4.37. The van der Waals surface area contributed by atoms with Crippen molar-refractivity contribution >= 4 is 8.32 Å². The molecule has 0 radical (unpaired) electrons. The highest BCUT2D eigenvalue weighted by atomic mass is 28.4. The van der Waals surface area contributed by atoms with Gasteiger partial charge >= 0.3 is 0 Å². The van der Waals surface area contributed by atoms with E-state index in [4.69, 9.17) is 4.43 Å². The molecule has 0 spiro atoms. The quantitative estimate of drug-likeness (QED) is 0.448. The zero-order valence-electron chi connectivity index (χ0n) is 12.5. The Labute approximate surface area is 118 Å². The van der Waals surface area contributed by atoms with Crippen LogP contribution in [0.3, 0.4) is 0 Å². The summed E-state index contributed by atoms with van der Waals surface area (Å²) >= 11 is 0. The number of halogens is 1. The van der Waals surface area contributed by atoms with Crippen LogP contribution in [0, 0.1) is 5.82 Å². The van der Waals surface area contributed by atoms with Crippen LogP contribution in [-0.2, 0) is 10.8 Å². The van der Waals surface area contributed by atoms with Gasteiger partial charge in [-0.3, -0.25) is 0 Å². The first-order chi connectivity index (χ1) is 9.03. The molecular formula is C16H27FOSi. The minimum atomic E-state index is -1.38. The monoisotopic (exact) mass is 282 g/mol. The summed E-state index contributed by atoms with van der Waals surface area (Å²) in [6, 6.07) is 8.13. The van der Waals surface area contributed by atoms with Crippen molar-refractivity contribution in [1.29, 1.82) is 0 Å². The number of aryl methyl sites for hydroxylation is 1. The molecule has 0 amide bonds. The Morgan fingerprint density at radius 3 is 2.26 bits per heavy atom. The van der Waals surface area contributed by atoms with E-state index in [1.165, 1.54) is 37.3 Å². The number of rotatable bonds is 9. The molecule has 0 atom stereocenters. The zero-order chi connectivity index (χ0) is 14.1. The Balaban J connectivity index is 2.07. The topological polar surface area (TPSA) is 9.23 Å². The van der Waals surface area contributed by atoms with Gasteiger partial charge in [0.2, 0.25) is 0 Å². The molecule has 0 unspecified atom stereocenters. The van der Waals surface area contributed by atoms with Gasteiger partial charge < -0.3 is 4.43 Å². The average Bonchev–Trinajstić information content (AvgIpc) is 2.35. The minimum absolute atomic E-state index is 0.146. The van der Waals surface area contributed by atoms with Crippen LogP contribution in [0.4, 0.5) is 4.39 Å². The van der Waals surface area contributed by atoms with Gasteiger partial charge in [-0.25, -0.2) is 4.39 Å². The van der Waals surface area contributed by atoms with Crippen LogP contribution < -0.4 is 0 Å². The molecule has 0 aliphatic rings. The molecule has 0 fully saturated rings. The summed E-state index contributed by atoms with van der Waals surface area (Å²) in [5, 5.41) is 0. The molecule has 3 heteroatoms. The van der Waals surface area contributed by atoms with Gasteiger partial charge in [-0.1, -0.05) is 31.4 Å². The molecule has 19 heavy (non-hydrogen) atoms. The third-order valence-corrected chi connectivity index (χ3v) is 6.07. The molecule has 0 aliphatic carbocycles. The lowest BCUT2D eigenvalue weighted by molar-refractivity contribution is 0.327. The number of benzene rings is 1. The molecule has 0 N–H and O–H groups in total. The summed E-state index contributed by atoms with van der Waals surface area (Å²) in [4.78, 5) is 0. The summed E-state index contributed by atoms with van der Waals surface area (Å²) in [7, 11) is -1.38. The predicted molar refractivity (Wildman–Crippen MR) is 82.5 cm³/mol. The van der Waals surface area contributed by atoms with Gasteiger partial charge in [0.1, 0.15) is 5.82 Å². The van der Waals surface area contributed by atoms with Crippen LogP contribution in [0.25, 0.3) is 0 Å². The first-order valence-electron chi connectivity index (χ1n) is 7.42. The number of unbranched alkanes of at least 4 members (excludes halogenated alkanes) is 3. The van der Waals surface area contributed by atoms with Crippen LogP contribution >= 0.6 is 0 Å². The van der Waals surface area contributed by atoms with Crippen molar-refractivity contribution < 1.29 is 8.82 Å². The summed E-state index contributed by atoms with van der Waals surface area (Å²) in [5.41, 5.74) is 1.24. The summed E-state index contributed by atoms with van der Waals surface area (Å²) in [6.07, 6.45) is 6.08. The van der Waals surface area contributed by atoms with Gasteiger partial charge in [-0.15, -0.1) is 0 Å². The fraction of sp³-hybridized carbons (Fsp3) is 0.625. The molecule has 1 aromatic rings. The van der Waals surface area contributed by atoms with Crippen molar-refractivity contribution in [2.45, 2.75) is 58.2 Å². The SMILES string of the molecule is CCO[Si](C)(C)CCCCCCc1ccc(F)cc1. The van der Waals surface area contributed by atoms with Crippen LogP contribution in [0.1, 0.15) is 38.2 Å². The Morgan fingerprint density at radius 2 is 1.63 bits per heavy atom. The Hall–Kier alpha value is -0.673. The predicted octanol–water partition coefficient (Wildman–Crippen LogP) is 5.17. The molecular weight excluding hydrogens is 255 g/mol. The van der Waals surface area contributed by atoms with Gasteiger partial charge in [0.15, 0.2) is 8.32 Å². The lowest BCUT2D eigenvalue weighted by atomic mass is 10.1. The van der Waals surface area contributed by atoms with Crippen LogP contribution in [0.2, 0.25) is 19.1 Å². The van der Waals surface area contributed by atoms with Crippen molar-refractivity contribution in [1.82, 2.24) is 0 Å². The maximum atomic E-state index is 12.7. The number of hydrogen-bond acceptors (Lipinski definition) is 1. The van der Waals surface area contributed by atoms with E-state index in [2.05, 4.69) is 20.0 Å². The van der Waals surface area contributed by atoms with E-state index in [0.29, 0.717) is 0 Å². The highest BCUT2D eigenvalue weighted by molar-refractivity contribution is 6.71. The van der Waals surface area contributed by atoms with Crippen molar-refractivity contribution in [3.63, 3.8) is 0 Å². The van der Waals surface area contributed by atoms with Gasteiger partial charge in [0.05, 0.1) is 0 Å². The van der Waals surface area contributed by atoms with Gasteiger partial charge in [0, 0.05) is 6.61 Å². The molecule has 0 aliphatic heterocycles. The average molecular weight is 282 g/mol. The van der Waals surface area contributed by atoms with Crippen LogP contribution in [-0.4, -0.2) is 14.9 Å². The van der Waals surface area contributed by atoms with E-state index >= 15 is 0 Å². The Kier molecular flexibility index (Phi) is 7.32. The number of hydrogen-bond donors (Lipinski definition) is 0. The molecule has 0 aromatic heterocycles. The van der Waals surface area contributed by atoms with E-state index in [-0.39, 0.29) is 5.82 Å². The second kappa shape index (κ2) is 8.49. The third kappa shape index (κ3) is 7.48. The second-order valence-corrected chi connectivity index (χ2v) is 10.0. The highest BCUT2D eigenvalue weighted by Crippen LogP contribution is 2.17. The molecule has 108 valence electrons. The maximum absolute atomic E-state index is 12.7. The molecule has 0 saturated heterocycles. The molecule has 0 bridgehead atoms. The van der Waals surface area contributed by atoms with Gasteiger partial charge in [-0.05, 0) is 56.6 Å². The first-order valence-corrected chi connectivity index (χ1v) is 10.5. The van der Waals surface area contributed by atoms with E-state index in [9.17, 15) is 4.39 Å². The molecule has 1 rings (SSSR count). The largest absolute Gasteiger partial charge is 0.418 e. The Morgan fingerprint density at radius 1 is 1.00 bits per heavy atom. The highest BCUT2D eigenvalue weighted by Gasteiger charge is 2.20. The third-order valence-electron chi connectivity index (χ3n) is 3.44. The van der Waals surface area contributed by atoms with E-state index in [1.807, 2.05) is 12.1 Å². The van der Waals surface area contributed by atoms with Crippen molar-refractivity contribution in [2.24, 2.45) is 0 Å².